The Morgan fingerprint density at radius 2 is 1.94 bits per heavy atom. The van der Waals surface area contributed by atoms with Gasteiger partial charge in [0.2, 0.25) is 0 Å². The SMILES string of the molecule is CNC(CN1CC(C)CC(C)C1C)C1CC1. The third-order valence-electron chi connectivity index (χ3n) is 4.71. The van der Waals surface area contributed by atoms with Crippen molar-refractivity contribution in [2.75, 3.05) is 20.1 Å². The molecule has 2 fully saturated rings. The molecule has 0 radical (unpaired) electrons. The van der Waals surface area contributed by atoms with Crippen LogP contribution in [-0.4, -0.2) is 37.1 Å². The lowest BCUT2D eigenvalue weighted by Crippen LogP contribution is -2.51. The first-order chi connectivity index (χ1) is 7.61. The van der Waals surface area contributed by atoms with Crippen LogP contribution in [0.2, 0.25) is 0 Å². The van der Waals surface area contributed by atoms with Gasteiger partial charge < -0.3 is 5.32 Å². The largest absolute Gasteiger partial charge is 0.315 e. The predicted octanol–water partition coefficient (Wildman–Crippen LogP) is 2.35. The summed E-state index contributed by atoms with van der Waals surface area (Å²) in [4.78, 5) is 2.72. The molecule has 4 atom stereocenters. The highest BCUT2D eigenvalue weighted by Gasteiger charge is 2.35. The first-order valence-corrected chi connectivity index (χ1v) is 7.03. The molecule has 1 aliphatic carbocycles. The van der Waals surface area contributed by atoms with Gasteiger partial charge in [-0.3, -0.25) is 4.90 Å². The Morgan fingerprint density at radius 3 is 2.50 bits per heavy atom. The molecule has 16 heavy (non-hydrogen) atoms. The summed E-state index contributed by atoms with van der Waals surface area (Å²) in [5, 5.41) is 3.52. The monoisotopic (exact) mass is 224 g/mol. The minimum atomic E-state index is 0.736. The summed E-state index contributed by atoms with van der Waals surface area (Å²) in [7, 11) is 2.13. The van der Waals surface area contributed by atoms with Crippen molar-refractivity contribution in [3.05, 3.63) is 0 Å². The standard InChI is InChI=1S/C14H28N2/c1-10-7-11(2)12(3)16(8-10)9-14(15-4)13-5-6-13/h10-15H,5-9H2,1-4H3. The highest BCUT2D eigenvalue weighted by molar-refractivity contribution is 4.91. The Bertz CT molecular complexity index is 225. The van der Waals surface area contributed by atoms with E-state index in [0.29, 0.717) is 0 Å². The van der Waals surface area contributed by atoms with Crippen LogP contribution in [0.1, 0.15) is 40.0 Å². The molecular formula is C14H28N2. The summed E-state index contributed by atoms with van der Waals surface area (Å²) in [5.74, 6) is 2.70. The fourth-order valence-corrected chi connectivity index (χ4v) is 3.30. The summed E-state index contributed by atoms with van der Waals surface area (Å²) in [6, 6.07) is 1.51. The summed E-state index contributed by atoms with van der Waals surface area (Å²) in [5.41, 5.74) is 0. The van der Waals surface area contributed by atoms with Crippen molar-refractivity contribution in [2.24, 2.45) is 17.8 Å². The molecule has 1 heterocycles. The Hall–Kier alpha value is -0.0800. The zero-order chi connectivity index (χ0) is 11.7. The van der Waals surface area contributed by atoms with Gasteiger partial charge in [0, 0.05) is 25.2 Å². The Kier molecular flexibility index (Phi) is 3.91. The van der Waals surface area contributed by atoms with E-state index in [1.165, 1.54) is 32.4 Å². The lowest BCUT2D eigenvalue weighted by molar-refractivity contribution is 0.0687. The van der Waals surface area contributed by atoms with E-state index in [9.17, 15) is 0 Å². The molecule has 2 nitrogen and oxygen atoms in total. The van der Waals surface area contributed by atoms with Gasteiger partial charge in [-0.05, 0) is 51.0 Å². The van der Waals surface area contributed by atoms with Crippen LogP contribution in [0.15, 0.2) is 0 Å². The maximum Gasteiger partial charge on any atom is 0.0220 e. The maximum atomic E-state index is 3.52. The van der Waals surface area contributed by atoms with Crippen molar-refractivity contribution in [3.8, 4) is 0 Å². The van der Waals surface area contributed by atoms with Gasteiger partial charge in [0.15, 0.2) is 0 Å². The van der Waals surface area contributed by atoms with Crippen molar-refractivity contribution in [3.63, 3.8) is 0 Å². The summed E-state index contributed by atoms with van der Waals surface area (Å²) in [6.45, 7) is 9.79. The maximum absolute atomic E-state index is 3.52. The van der Waals surface area contributed by atoms with Gasteiger partial charge >= 0.3 is 0 Å². The number of likely N-dealkylation sites (N-methyl/N-ethyl adjacent to an activating group) is 1. The van der Waals surface area contributed by atoms with Crippen LogP contribution in [0.25, 0.3) is 0 Å². The van der Waals surface area contributed by atoms with Crippen molar-refractivity contribution in [2.45, 2.75) is 52.1 Å². The number of hydrogen-bond donors (Lipinski definition) is 1. The first kappa shape index (κ1) is 12.4. The minimum Gasteiger partial charge on any atom is -0.315 e. The number of piperidine rings is 1. The molecule has 0 aromatic heterocycles. The second-order valence-corrected chi connectivity index (χ2v) is 6.25. The Balaban J connectivity index is 1.90. The van der Waals surface area contributed by atoms with E-state index in [0.717, 1.165) is 29.8 Å². The van der Waals surface area contributed by atoms with Crippen molar-refractivity contribution in [1.82, 2.24) is 10.2 Å². The van der Waals surface area contributed by atoms with Crippen LogP contribution in [0.3, 0.4) is 0 Å². The summed E-state index contributed by atoms with van der Waals surface area (Å²) in [6.07, 6.45) is 4.29. The fourth-order valence-electron chi connectivity index (χ4n) is 3.30. The zero-order valence-electron chi connectivity index (χ0n) is 11.4. The summed E-state index contributed by atoms with van der Waals surface area (Å²) >= 11 is 0. The van der Waals surface area contributed by atoms with Gasteiger partial charge in [-0.1, -0.05) is 13.8 Å². The van der Waals surface area contributed by atoms with Gasteiger partial charge in [-0.15, -0.1) is 0 Å². The normalized spacial score (nSPS) is 38.6. The first-order valence-electron chi connectivity index (χ1n) is 7.03. The molecule has 94 valence electrons. The van der Waals surface area contributed by atoms with E-state index in [1.807, 2.05) is 0 Å². The van der Waals surface area contributed by atoms with E-state index >= 15 is 0 Å². The third-order valence-corrected chi connectivity index (χ3v) is 4.71. The quantitative estimate of drug-likeness (QED) is 0.788. The van der Waals surface area contributed by atoms with Gasteiger partial charge in [0.05, 0.1) is 0 Å². The fraction of sp³-hybridized carbons (Fsp3) is 1.00. The highest BCUT2D eigenvalue weighted by Crippen LogP contribution is 2.34. The number of nitrogens with one attached hydrogen (secondary N) is 1. The van der Waals surface area contributed by atoms with E-state index in [-0.39, 0.29) is 0 Å². The van der Waals surface area contributed by atoms with Crippen LogP contribution < -0.4 is 5.32 Å². The van der Waals surface area contributed by atoms with Crippen LogP contribution >= 0.6 is 0 Å². The molecule has 0 amide bonds. The third kappa shape index (κ3) is 2.78. The van der Waals surface area contributed by atoms with Gasteiger partial charge in [-0.25, -0.2) is 0 Å². The Labute approximate surface area is 101 Å². The minimum absolute atomic E-state index is 0.736. The van der Waals surface area contributed by atoms with E-state index < -0.39 is 0 Å². The predicted molar refractivity (Wildman–Crippen MR) is 69.6 cm³/mol. The molecule has 1 N–H and O–H groups in total. The topological polar surface area (TPSA) is 15.3 Å². The molecule has 2 heteroatoms. The smallest absolute Gasteiger partial charge is 0.0220 e. The molecule has 0 aromatic carbocycles. The van der Waals surface area contributed by atoms with Crippen LogP contribution in [0, 0.1) is 17.8 Å². The average molecular weight is 224 g/mol. The number of rotatable bonds is 4. The van der Waals surface area contributed by atoms with Gasteiger partial charge in [0.25, 0.3) is 0 Å². The summed E-state index contributed by atoms with van der Waals surface area (Å²) < 4.78 is 0. The van der Waals surface area contributed by atoms with Gasteiger partial charge in [-0.2, -0.15) is 0 Å². The number of hydrogen-bond acceptors (Lipinski definition) is 2. The zero-order valence-corrected chi connectivity index (χ0v) is 11.4. The molecule has 0 spiro atoms. The molecule has 1 saturated carbocycles. The average Bonchev–Trinajstić information content (AvgIpc) is 3.05. The van der Waals surface area contributed by atoms with Crippen LogP contribution in [0.4, 0.5) is 0 Å². The van der Waals surface area contributed by atoms with E-state index in [2.05, 4.69) is 38.0 Å². The molecule has 0 aromatic rings. The highest BCUT2D eigenvalue weighted by atomic mass is 15.2. The molecule has 1 aliphatic heterocycles. The lowest BCUT2D eigenvalue weighted by Gasteiger charge is -2.42. The van der Waals surface area contributed by atoms with Crippen molar-refractivity contribution >= 4 is 0 Å². The molecule has 2 rings (SSSR count). The molecule has 1 saturated heterocycles. The van der Waals surface area contributed by atoms with E-state index in [4.69, 9.17) is 0 Å². The number of nitrogens with zero attached hydrogens (tertiary/aromatic N) is 1. The van der Waals surface area contributed by atoms with Crippen molar-refractivity contribution in [1.29, 1.82) is 0 Å². The number of likely N-dealkylation sites (tertiary alicyclic amines) is 1. The van der Waals surface area contributed by atoms with E-state index in [1.54, 1.807) is 0 Å². The molecule has 2 aliphatic rings. The van der Waals surface area contributed by atoms with Crippen LogP contribution in [0.5, 0.6) is 0 Å². The van der Waals surface area contributed by atoms with Gasteiger partial charge in [0.1, 0.15) is 0 Å². The molecule has 4 unspecified atom stereocenters. The lowest BCUT2D eigenvalue weighted by atomic mass is 9.85. The molecular weight excluding hydrogens is 196 g/mol. The second-order valence-electron chi connectivity index (χ2n) is 6.25. The Morgan fingerprint density at radius 1 is 1.25 bits per heavy atom. The second kappa shape index (κ2) is 5.05. The van der Waals surface area contributed by atoms with Crippen LogP contribution in [-0.2, 0) is 0 Å². The molecule has 0 bridgehead atoms. The van der Waals surface area contributed by atoms with Crippen molar-refractivity contribution < 1.29 is 0 Å².